The second-order valence-corrected chi connectivity index (χ2v) is 8.69. The highest BCUT2D eigenvalue weighted by molar-refractivity contribution is 7.93. The molecule has 4 nitrogen and oxygen atoms in total. The molecule has 0 saturated carbocycles. The molecule has 0 fully saturated rings. The van der Waals surface area contributed by atoms with Crippen molar-refractivity contribution in [2.45, 2.75) is 17.9 Å². The van der Waals surface area contributed by atoms with Crippen molar-refractivity contribution in [2.75, 3.05) is 18.3 Å². The van der Waals surface area contributed by atoms with Crippen molar-refractivity contribution >= 4 is 50.5 Å². The molecule has 1 heterocycles. The molecule has 1 aliphatic heterocycles. The summed E-state index contributed by atoms with van der Waals surface area (Å²) in [6, 6.07) is 16.3. The molecule has 0 radical (unpaired) electrons. The van der Waals surface area contributed by atoms with Gasteiger partial charge < -0.3 is 4.90 Å². The highest BCUT2D eigenvalue weighted by Crippen LogP contribution is 2.31. The van der Waals surface area contributed by atoms with Crippen LogP contribution in [0.2, 0.25) is 5.02 Å². The van der Waals surface area contributed by atoms with Crippen LogP contribution in [0.3, 0.4) is 0 Å². The number of hydrogen-bond donors (Lipinski definition) is 1. The Bertz CT molecular complexity index is 1100. The third-order valence-electron chi connectivity index (χ3n) is 4.83. The quantitative estimate of drug-likeness (QED) is 0.664. The van der Waals surface area contributed by atoms with Gasteiger partial charge in [0.25, 0.3) is 10.0 Å². The van der Waals surface area contributed by atoms with Gasteiger partial charge >= 0.3 is 0 Å². The minimum absolute atomic E-state index is 0. The first-order valence-electron chi connectivity index (χ1n) is 8.45. The number of rotatable bonds is 3. The number of halogens is 2. The van der Waals surface area contributed by atoms with Crippen molar-refractivity contribution in [2.24, 2.45) is 0 Å². The highest BCUT2D eigenvalue weighted by atomic mass is 35.5. The van der Waals surface area contributed by atoms with E-state index >= 15 is 0 Å². The molecule has 0 bridgehead atoms. The minimum atomic E-state index is -3.73. The average molecular weight is 423 g/mol. The zero-order chi connectivity index (χ0) is 18.3. The van der Waals surface area contributed by atoms with Crippen molar-refractivity contribution in [3.63, 3.8) is 0 Å². The number of likely N-dealkylation sites (N-methyl/N-ethyl adjacent to an activating group) is 1. The molecule has 0 atom stereocenters. The zero-order valence-corrected chi connectivity index (χ0v) is 17.2. The molecule has 1 aliphatic rings. The zero-order valence-electron chi connectivity index (χ0n) is 14.8. The van der Waals surface area contributed by atoms with Crippen LogP contribution in [0.1, 0.15) is 11.1 Å². The van der Waals surface area contributed by atoms with E-state index in [1.54, 1.807) is 30.3 Å². The molecule has 0 spiro atoms. The summed E-state index contributed by atoms with van der Waals surface area (Å²) in [6.07, 6.45) is 0.922. The second-order valence-electron chi connectivity index (χ2n) is 6.63. The summed E-state index contributed by atoms with van der Waals surface area (Å²) in [5.41, 5.74) is 2.89. The van der Waals surface area contributed by atoms with Gasteiger partial charge in [0.1, 0.15) is 0 Å². The Hall–Kier alpha value is -1.79. The van der Waals surface area contributed by atoms with E-state index in [-0.39, 0.29) is 17.3 Å². The summed E-state index contributed by atoms with van der Waals surface area (Å²) in [7, 11) is -1.69. The summed E-state index contributed by atoms with van der Waals surface area (Å²) in [4.78, 5) is 2.43. The van der Waals surface area contributed by atoms with Crippen molar-refractivity contribution < 1.29 is 8.42 Å². The van der Waals surface area contributed by atoms with E-state index in [0.29, 0.717) is 16.1 Å². The molecule has 0 unspecified atom stereocenters. The van der Waals surface area contributed by atoms with Crippen LogP contribution in [-0.4, -0.2) is 26.9 Å². The molecule has 0 saturated heterocycles. The van der Waals surface area contributed by atoms with Gasteiger partial charge in [-0.25, -0.2) is 8.42 Å². The maximum Gasteiger partial charge on any atom is 0.262 e. The molecule has 0 aromatic heterocycles. The lowest BCUT2D eigenvalue weighted by molar-refractivity contribution is 0.313. The summed E-state index contributed by atoms with van der Waals surface area (Å²) >= 11 is 6.23. The lowest BCUT2D eigenvalue weighted by atomic mass is 9.99. The minimum Gasteiger partial charge on any atom is -0.302 e. The van der Waals surface area contributed by atoms with Crippen LogP contribution in [-0.2, 0) is 23.0 Å². The Labute approximate surface area is 170 Å². The first-order chi connectivity index (χ1) is 12.5. The predicted octanol–water partition coefficient (Wildman–Crippen LogP) is 4.70. The van der Waals surface area contributed by atoms with E-state index in [0.717, 1.165) is 30.5 Å². The van der Waals surface area contributed by atoms with E-state index in [9.17, 15) is 8.42 Å². The van der Waals surface area contributed by atoms with Gasteiger partial charge in [-0.2, -0.15) is 0 Å². The van der Waals surface area contributed by atoms with E-state index in [2.05, 4.69) is 15.7 Å². The molecular formula is C20H20Cl2N2O2S. The van der Waals surface area contributed by atoms with E-state index in [1.807, 2.05) is 25.2 Å². The number of nitrogens with one attached hydrogen (secondary N) is 1. The van der Waals surface area contributed by atoms with Crippen LogP contribution >= 0.6 is 24.0 Å². The van der Waals surface area contributed by atoms with Crippen LogP contribution in [0.5, 0.6) is 0 Å². The topological polar surface area (TPSA) is 49.4 Å². The SMILES string of the molecule is CN1CCc2cccc(NS(=O)(=O)c3cccc4c(Cl)cccc34)c2C1.Cl. The first-order valence-corrected chi connectivity index (χ1v) is 10.3. The smallest absolute Gasteiger partial charge is 0.262 e. The Morgan fingerprint density at radius 3 is 2.52 bits per heavy atom. The van der Waals surface area contributed by atoms with Gasteiger partial charge in [0.2, 0.25) is 0 Å². The largest absolute Gasteiger partial charge is 0.302 e. The number of anilines is 1. The first kappa shape index (κ1) is 20.0. The van der Waals surface area contributed by atoms with Crippen molar-refractivity contribution in [3.8, 4) is 0 Å². The fourth-order valence-electron chi connectivity index (χ4n) is 3.49. The molecule has 7 heteroatoms. The number of hydrogen-bond acceptors (Lipinski definition) is 3. The fourth-order valence-corrected chi connectivity index (χ4v) is 5.04. The average Bonchev–Trinajstić information content (AvgIpc) is 2.62. The van der Waals surface area contributed by atoms with Crippen molar-refractivity contribution in [1.82, 2.24) is 4.90 Å². The van der Waals surface area contributed by atoms with Gasteiger partial charge in [-0.3, -0.25) is 4.72 Å². The Morgan fingerprint density at radius 2 is 1.70 bits per heavy atom. The molecule has 4 rings (SSSR count). The maximum atomic E-state index is 13.1. The monoisotopic (exact) mass is 422 g/mol. The number of fused-ring (bicyclic) bond motifs is 2. The van der Waals surface area contributed by atoms with Gasteiger partial charge in [0.05, 0.1) is 10.6 Å². The van der Waals surface area contributed by atoms with Crippen LogP contribution in [0, 0.1) is 0 Å². The number of nitrogens with zero attached hydrogens (tertiary/aromatic N) is 1. The van der Waals surface area contributed by atoms with Gasteiger partial charge in [0.15, 0.2) is 0 Å². The predicted molar refractivity (Wildman–Crippen MR) is 113 cm³/mol. The van der Waals surface area contributed by atoms with E-state index in [1.165, 1.54) is 5.56 Å². The highest BCUT2D eigenvalue weighted by Gasteiger charge is 2.22. The van der Waals surface area contributed by atoms with Crippen LogP contribution in [0.25, 0.3) is 10.8 Å². The fraction of sp³-hybridized carbons (Fsp3) is 0.200. The summed E-state index contributed by atoms with van der Waals surface area (Å²) < 4.78 is 29.1. The van der Waals surface area contributed by atoms with Crippen molar-refractivity contribution in [3.05, 3.63) is 70.7 Å². The molecule has 1 N–H and O–H groups in total. The number of benzene rings is 3. The van der Waals surface area contributed by atoms with E-state index in [4.69, 9.17) is 11.6 Å². The molecule has 3 aromatic carbocycles. The Morgan fingerprint density at radius 1 is 1.00 bits per heavy atom. The molecule has 3 aromatic rings. The van der Waals surface area contributed by atoms with Gasteiger partial charge in [-0.15, -0.1) is 12.4 Å². The van der Waals surface area contributed by atoms with Crippen molar-refractivity contribution in [1.29, 1.82) is 0 Å². The normalized spacial score (nSPS) is 14.4. The molecule has 0 amide bonds. The molecular weight excluding hydrogens is 403 g/mol. The lowest BCUT2D eigenvalue weighted by Gasteiger charge is -2.27. The van der Waals surface area contributed by atoms with Gasteiger partial charge in [0, 0.05) is 28.9 Å². The maximum absolute atomic E-state index is 13.1. The van der Waals surface area contributed by atoms with Crippen LogP contribution < -0.4 is 4.72 Å². The number of sulfonamides is 1. The van der Waals surface area contributed by atoms with Gasteiger partial charge in [-0.05, 0) is 42.8 Å². The van der Waals surface area contributed by atoms with Gasteiger partial charge in [-0.1, -0.05) is 48.0 Å². The summed E-state index contributed by atoms with van der Waals surface area (Å²) in [5.74, 6) is 0. The third-order valence-corrected chi connectivity index (χ3v) is 6.58. The summed E-state index contributed by atoms with van der Waals surface area (Å²) in [5, 5.41) is 1.89. The van der Waals surface area contributed by atoms with Crippen LogP contribution in [0.4, 0.5) is 5.69 Å². The summed E-state index contributed by atoms with van der Waals surface area (Å²) in [6.45, 7) is 1.71. The molecule has 27 heavy (non-hydrogen) atoms. The molecule has 142 valence electrons. The van der Waals surface area contributed by atoms with Crippen LogP contribution in [0.15, 0.2) is 59.5 Å². The van der Waals surface area contributed by atoms with E-state index < -0.39 is 10.0 Å². The Balaban J connectivity index is 0.00000210. The Kier molecular flexibility index (Phi) is 5.68. The molecule has 0 aliphatic carbocycles. The second kappa shape index (κ2) is 7.68. The lowest BCUT2D eigenvalue weighted by Crippen LogP contribution is -2.28. The standard InChI is InChI=1S/C20H19ClN2O2S.ClH/c1-23-12-11-14-5-2-9-19(17(14)13-23)22-26(24,25)20-10-4-6-15-16(20)7-3-8-18(15)21;/h2-10,22H,11-13H2,1H3;1H. The third kappa shape index (κ3) is 3.78.